The lowest BCUT2D eigenvalue weighted by Gasteiger charge is -2.38. The molecule has 0 aliphatic carbocycles. The van der Waals surface area contributed by atoms with Crippen molar-refractivity contribution in [3.8, 4) is 0 Å². The van der Waals surface area contributed by atoms with E-state index >= 15 is 0 Å². The fourth-order valence-corrected chi connectivity index (χ4v) is 2.03. The molecule has 0 aromatic carbocycles. The zero-order chi connectivity index (χ0) is 13.1. The molecule has 0 saturated carbocycles. The summed E-state index contributed by atoms with van der Waals surface area (Å²) in [4.78, 5) is 16.2. The third-order valence-corrected chi connectivity index (χ3v) is 2.99. The molecular formula is C11H15N3O4. The fraction of sp³-hybridized carbons (Fsp3) is 0.545. The molecule has 0 radical (unpaired) electrons. The van der Waals surface area contributed by atoms with E-state index in [-0.39, 0.29) is 24.4 Å². The van der Waals surface area contributed by atoms with Gasteiger partial charge in [-0.3, -0.25) is 15.1 Å². The molecule has 7 nitrogen and oxygen atoms in total. The van der Waals surface area contributed by atoms with Crippen LogP contribution in [0.4, 0.5) is 11.4 Å². The van der Waals surface area contributed by atoms with Crippen LogP contribution < -0.4 is 4.90 Å². The summed E-state index contributed by atoms with van der Waals surface area (Å²) in [6.45, 7) is 2.70. The quantitative estimate of drug-likeness (QED) is 0.626. The van der Waals surface area contributed by atoms with Crippen molar-refractivity contribution in [3.63, 3.8) is 0 Å². The van der Waals surface area contributed by atoms with E-state index in [1.165, 1.54) is 12.4 Å². The van der Waals surface area contributed by atoms with Gasteiger partial charge in [0.25, 0.3) is 0 Å². The number of anilines is 1. The maximum absolute atomic E-state index is 11.0. The highest BCUT2D eigenvalue weighted by molar-refractivity contribution is 5.62. The Labute approximate surface area is 104 Å². The molecule has 98 valence electrons. The van der Waals surface area contributed by atoms with Crippen LogP contribution in [0.15, 0.2) is 18.5 Å². The monoisotopic (exact) mass is 253 g/mol. The van der Waals surface area contributed by atoms with Gasteiger partial charge in [0.15, 0.2) is 0 Å². The number of nitro groups is 1. The van der Waals surface area contributed by atoms with Crippen LogP contribution in [0.5, 0.6) is 0 Å². The van der Waals surface area contributed by atoms with Crippen LogP contribution in [0, 0.1) is 10.1 Å². The second-order valence-corrected chi connectivity index (χ2v) is 4.26. The first-order valence-electron chi connectivity index (χ1n) is 5.71. The average Bonchev–Trinajstić information content (AvgIpc) is 2.39. The van der Waals surface area contributed by atoms with E-state index in [0.717, 1.165) is 0 Å². The number of pyridine rings is 1. The molecule has 18 heavy (non-hydrogen) atoms. The zero-order valence-electron chi connectivity index (χ0n) is 10.0. The molecule has 1 aromatic heterocycles. The number of morpholine rings is 1. The van der Waals surface area contributed by atoms with Crippen molar-refractivity contribution in [1.82, 2.24) is 4.98 Å². The van der Waals surface area contributed by atoms with E-state index in [9.17, 15) is 10.1 Å². The molecule has 2 atom stereocenters. The molecule has 2 unspecified atom stereocenters. The minimum absolute atomic E-state index is 0.0221. The van der Waals surface area contributed by atoms with Crippen molar-refractivity contribution in [3.05, 3.63) is 28.6 Å². The fourth-order valence-electron chi connectivity index (χ4n) is 2.03. The molecular weight excluding hydrogens is 238 g/mol. The van der Waals surface area contributed by atoms with Crippen LogP contribution in [0.25, 0.3) is 0 Å². The summed E-state index contributed by atoms with van der Waals surface area (Å²) < 4.78 is 5.41. The molecule has 1 aromatic rings. The zero-order valence-corrected chi connectivity index (χ0v) is 10.0. The van der Waals surface area contributed by atoms with E-state index in [4.69, 9.17) is 9.84 Å². The van der Waals surface area contributed by atoms with Crippen LogP contribution in [0.3, 0.4) is 0 Å². The van der Waals surface area contributed by atoms with Crippen LogP contribution >= 0.6 is 0 Å². The Hall–Kier alpha value is -1.73. The first kappa shape index (κ1) is 12.7. The third kappa shape index (κ3) is 2.41. The van der Waals surface area contributed by atoms with Crippen molar-refractivity contribution in [1.29, 1.82) is 0 Å². The van der Waals surface area contributed by atoms with Crippen LogP contribution in [0.2, 0.25) is 0 Å². The standard InChI is InChI=1S/C11H15N3O4/c1-8-7-18-9(6-15)5-13(8)10-2-3-12-4-11(10)14(16)17/h2-4,8-9,15H,5-7H2,1H3. The van der Waals surface area contributed by atoms with Gasteiger partial charge >= 0.3 is 5.69 Å². The number of aliphatic hydroxyl groups excluding tert-OH is 1. The maximum atomic E-state index is 11.0. The summed E-state index contributed by atoms with van der Waals surface area (Å²) in [5.41, 5.74) is 0.493. The van der Waals surface area contributed by atoms with Gasteiger partial charge in [-0.2, -0.15) is 0 Å². The predicted octanol–water partition coefficient (Wildman–Crippen LogP) is 0.576. The Bertz CT molecular complexity index is 440. The Morgan fingerprint density at radius 1 is 1.72 bits per heavy atom. The molecule has 0 amide bonds. The molecule has 7 heteroatoms. The first-order valence-corrected chi connectivity index (χ1v) is 5.71. The molecule has 1 aliphatic heterocycles. The molecule has 2 heterocycles. The van der Waals surface area contributed by atoms with Crippen molar-refractivity contribution < 1.29 is 14.8 Å². The minimum Gasteiger partial charge on any atom is -0.394 e. The number of aliphatic hydroxyl groups is 1. The van der Waals surface area contributed by atoms with E-state index in [1.54, 1.807) is 6.07 Å². The second-order valence-electron chi connectivity index (χ2n) is 4.26. The van der Waals surface area contributed by atoms with Gasteiger partial charge in [-0.25, -0.2) is 0 Å². The van der Waals surface area contributed by atoms with Gasteiger partial charge in [-0.1, -0.05) is 0 Å². The lowest BCUT2D eigenvalue weighted by atomic mass is 10.1. The number of ether oxygens (including phenoxy) is 1. The lowest BCUT2D eigenvalue weighted by molar-refractivity contribution is -0.384. The lowest BCUT2D eigenvalue weighted by Crippen LogP contribution is -2.49. The Balaban J connectivity index is 2.31. The largest absolute Gasteiger partial charge is 0.394 e. The van der Waals surface area contributed by atoms with Gasteiger partial charge in [0, 0.05) is 18.8 Å². The molecule has 1 saturated heterocycles. The van der Waals surface area contributed by atoms with Gasteiger partial charge in [-0.05, 0) is 13.0 Å². The van der Waals surface area contributed by atoms with Crippen molar-refractivity contribution in [2.75, 3.05) is 24.7 Å². The number of rotatable bonds is 3. The summed E-state index contributed by atoms with van der Waals surface area (Å²) in [5.74, 6) is 0. The predicted molar refractivity (Wildman–Crippen MR) is 64.5 cm³/mol. The van der Waals surface area contributed by atoms with Gasteiger partial charge in [-0.15, -0.1) is 0 Å². The highest BCUT2D eigenvalue weighted by Crippen LogP contribution is 2.30. The van der Waals surface area contributed by atoms with E-state index < -0.39 is 4.92 Å². The van der Waals surface area contributed by atoms with E-state index in [0.29, 0.717) is 18.8 Å². The van der Waals surface area contributed by atoms with E-state index in [1.807, 2.05) is 11.8 Å². The minimum atomic E-state index is -0.446. The van der Waals surface area contributed by atoms with Crippen LogP contribution in [0.1, 0.15) is 6.92 Å². The highest BCUT2D eigenvalue weighted by atomic mass is 16.6. The van der Waals surface area contributed by atoms with E-state index in [2.05, 4.69) is 4.98 Å². The molecule has 1 N–H and O–H groups in total. The van der Waals surface area contributed by atoms with Gasteiger partial charge < -0.3 is 14.7 Å². The van der Waals surface area contributed by atoms with Crippen LogP contribution in [-0.4, -0.2) is 46.9 Å². The molecule has 2 rings (SSSR count). The molecule has 1 fully saturated rings. The Kier molecular flexibility index (Phi) is 3.73. The van der Waals surface area contributed by atoms with Crippen molar-refractivity contribution >= 4 is 11.4 Å². The topological polar surface area (TPSA) is 88.7 Å². The summed E-state index contributed by atoms with van der Waals surface area (Å²) in [6.07, 6.45) is 2.46. The third-order valence-electron chi connectivity index (χ3n) is 2.99. The Morgan fingerprint density at radius 3 is 3.17 bits per heavy atom. The first-order chi connectivity index (χ1) is 8.63. The maximum Gasteiger partial charge on any atom is 0.310 e. The average molecular weight is 253 g/mol. The number of hydrogen-bond acceptors (Lipinski definition) is 6. The second kappa shape index (κ2) is 5.28. The summed E-state index contributed by atoms with van der Waals surface area (Å²) in [5, 5.41) is 20.1. The molecule has 1 aliphatic rings. The van der Waals surface area contributed by atoms with Crippen LogP contribution in [-0.2, 0) is 4.74 Å². The summed E-state index contributed by atoms with van der Waals surface area (Å²) in [6, 6.07) is 1.64. The smallest absolute Gasteiger partial charge is 0.310 e. The van der Waals surface area contributed by atoms with Crippen molar-refractivity contribution in [2.45, 2.75) is 19.1 Å². The van der Waals surface area contributed by atoms with Crippen molar-refractivity contribution in [2.24, 2.45) is 0 Å². The molecule has 0 spiro atoms. The SMILES string of the molecule is CC1COC(CO)CN1c1ccncc1[N+](=O)[O-]. The number of nitrogens with zero attached hydrogens (tertiary/aromatic N) is 3. The number of hydrogen-bond donors (Lipinski definition) is 1. The van der Waals surface area contributed by atoms with Gasteiger partial charge in [0.1, 0.15) is 11.9 Å². The Morgan fingerprint density at radius 2 is 2.50 bits per heavy atom. The summed E-state index contributed by atoms with van der Waals surface area (Å²) in [7, 11) is 0. The molecule has 0 bridgehead atoms. The van der Waals surface area contributed by atoms with Gasteiger partial charge in [0.2, 0.25) is 0 Å². The normalized spacial score (nSPS) is 24.0. The highest BCUT2D eigenvalue weighted by Gasteiger charge is 2.30. The van der Waals surface area contributed by atoms with Gasteiger partial charge in [0.05, 0.1) is 24.2 Å². The number of aromatic nitrogens is 1. The summed E-state index contributed by atoms with van der Waals surface area (Å²) >= 11 is 0.